The molecule has 0 radical (unpaired) electrons. The van der Waals surface area contributed by atoms with E-state index in [9.17, 15) is 5.26 Å². The average molecular weight is 465 g/mol. The molecule has 174 valence electrons. The van der Waals surface area contributed by atoms with E-state index in [0.717, 1.165) is 33.7 Å². The predicted octanol–water partition coefficient (Wildman–Crippen LogP) is 5.19. The van der Waals surface area contributed by atoms with Crippen molar-refractivity contribution < 1.29 is 14.2 Å². The first-order chi connectivity index (χ1) is 17.1. The fraction of sp³-hybridized carbons (Fsp3) is 0.143. The monoisotopic (exact) mass is 464 g/mol. The zero-order valence-corrected chi connectivity index (χ0v) is 19.4. The molecule has 4 aromatic rings. The van der Waals surface area contributed by atoms with Gasteiger partial charge in [-0.05, 0) is 54.4 Å². The Bertz CT molecular complexity index is 1450. The lowest BCUT2D eigenvalue weighted by Crippen LogP contribution is -2.21. The summed E-state index contributed by atoms with van der Waals surface area (Å²) >= 11 is 0. The van der Waals surface area contributed by atoms with E-state index in [-0.39, 0.29) is 5.88 Å². The van der Waals surface area contributed by atoms with Crippen LogP contribution in [-0.2, 0) is 6.61 Å². The molecular formula is C28H24N4O3. The molecule has 7 nitrogen and oxygen atoms in total. The Kier molecular flexibility index (Phi) is 5.86. The van der Waals surface area contributed by atoms with Crippen LogP contribution in [0.15, 0.2) is 84.3 Å². The second-order valence-corrected chi connectivity index (χ2v) is 8.32. The first-order valence-electron chi connectivity index (χ1n) is 11.2. The average Bonchev–Trinajstić information content (AvgIpc) is 3.30. The number of fused-ring (bicyclic) bond motifs is 1. The van der Waals surface area contributed by atoms with Gasteiger partial charge in [-0.15, -0.1) is 5.10 Å². The Hall–Kier alpha value is -4.70. The first kappa shape index (κ1) is 22.1. The number of nitrogens with two attached hydrogens (primary N) is 1. The highest BCUT2D eigenvalue weighted by atomic mass is 16.5. The molecule has 1 atom stereocenters. The lowest BCUT2D eigenvalue weighted by Gasteiger charge is -2.24. The number of aromatic nitrogens is 2. The SMILES string of the molecule is COc1ccc(-c2[nH]nc3c2[C@H](c2cccc(OCc4cccc(C)c4)c2)C(C#N)=C(N)O3)cc1. The van der Waals surface area contributed by atoms with E-state index >= 15 is 0 Å². The fourth-order valence-corrected chi connectivity index (χ4v) is 4.31. The van der Waals surface area contributed by atoms with Gasteiger partial charge in [0.25, 0.3) is 0 Å². The molecule has 0 amide bonds. The van der Waals surface area contributed by atoms with Gasteiger partial charge in [0.1, 0.15) is 29.7 Å². The standard InChI is InChI=1S/C28H24N4O3/c1-17-5-3-6-18(13-17)16-34-22-8-4-7-20(14-22)24-23(15-29)27(30)35-28-25(24)26(31-32-28)19-9-11-21(33-2)12-10-19/h3-14,24H,16,30H2,1-2H3,(H,31,32)/t24-/m1/s1. The maximum Gasteiger partial charge on any atom is 0.244 e. The number of aryl methyl sites for hydroxylation is 1. The minimum Gasteiger partial charge on any atom is -0.497 e. The molecule has 0 fully saturated rings. The lowest BCUT2D eigenvalue weighted by atomic mass is 9.83. The topological polar surface area (TPSA) is 106 Å². The summed E-state index contributed by atoms with van der Waals surface area (Å²) in [4.78, 5) is 0. The van der Waals surface area contributed by atoms with Crippen molar-refractivity contribution in [2.24, 2.45) is 5.73 Å². The number of nitriles is 1. The van der Waals surface area contributed by atoms with Crippen LogP contribution in [0.1, 0.15) is 28.2 Å². The molecule has 2 heterocycles. The first-order valence-corrected chi connectivity index (χ1v) is 11.2. The summed E-state index contributed by atoms with van der Waals surface area (Å²) in [5.74, 6) is 1.37. The van der Waals surface area contributed by atoms with E-state index < -0.39 is 5.92 Å². The normalized spacial score (nSPS) is 14.6. The van der Waals surface area contributed by atoms with Crippen LogP contribution in [0.5, 0.6) is 17.4 Å². The Morgan fingerprint density at radius 1 is 1.06 bits per heavy atom. The summed E-state index contributed by atoms with van der Waals surface area (Å²) in [6.07, 6.45) is 0. The number of nitrogens with one attached hydrogen (secondary N) is 1. The van der Waals surface area contributed by atoms with Crippen molar-refractivity contribution in [2.45, 2.75) is 19.4 Å². The second-order valence-electron chi connectivity index (χ2n) is 8.32. The number of hydrogen-bond donors (Lipinski definition) is 2. The van der Waals surface area contributed by atoms with Crippen LogP contribution in [0.4, 0.5) is 0 Å². The molecule has 1 aliphatic heterocycles. The molecule has 0 aliphatic carbocycles. The number of ether oxygens (including phenoxy) is 3. The number of H-pyrrole nitrogens is 1. The van der Waals surface area contributed by atoms with Gasteiger partial charge in [0.15, 0.2) is 0 Å². The summed E-state index contributed by atoms with van der Waals surface area (Å²) in [5, 5.41) is 17.4. The zero-order chi connectivity index (χ0) is 24.4. The number of nitrogens with zero attached hydrogens (tertiary/aromatic N) is 2. The van der Waals surface area contributed by atoms with E-state index in [1.54, 1.807) is 7.11 Å². The van der Waals surface area contributed by atoms with Crippen molar-refractivity contribution in [3.8, 4) is 34.7 Å². The van der Waals surface area contributed by atoms with Gasteiger partial charge in [-0.1, -0.05) is 42.0 Å². The van der Waals surface area contributed by atoms with Crippen LogP contribution >= 0.6 is 0 Å². The lowest BCUT2D eigenvalue weighted by molar-refractivity contribution is 0.305. The Morgan fingerprint density at radius 3 is 2.60 bits per heavy atom. The van der Waals surface area contributed by atoms with Gasteiger partial charge in [0.05, 0.1) is 24.3 Å². The maximum atomic E-state index is 9.99. The second kappa shape index (κ2) is 9.27. The van der Waals surface area contributed by atoms with E-state index in [4.69, 9.17) is 19.9 Å². The van der Waals surface area contributed by atoms with Crippen molar-refractivity contribution in [1.82, 2.24) is 10.2 Å². The number of rotatable bonds is 6. The highest BCUT2D eigenvalue weighted by molar-refractivity contribution is 5.71. The Balaban J connectivity index is 1.53. The Labute approximate surface area is 203 Å². The molecule has 5 rings (SSSR count). The Morgan fingerprint density at radius 2 is 1.86 bits per heavy atom. The third-order valence-corrected chi connectivity index (χ3v) is 6.00. The van der Waals surface area contributed by atoms with E-state index in [1.165, 1.54) is 5.56 Å². The van der Waals surface area contributed by atoms with Gasteiger partial charge in [0.2, 0.25) is 11.8 Å². The summed E-state index contributed by atoms with van der Waals surface area (Å²) < 4.78 is 17.1. The largest absolute Gasteiger partial charge is 0.497 e. The van der Waals surface area contributed by atoms with Crippen molar-refractivity contribution in [3.63, 3.8) is 0 Å². The minimum atomic E-state index is -0.470. The van der Waals surface area contributed by atoms with Crippen molar-refractivity contribution in [2.75, 3.05) is 7.11 Å². The molecule has 0 unspecified atom stereocenters. The van der Waals surface area contributed by atoms with Crippen LogP contribution in [0, 0.1) is 18.3 Å². The van der Waals surface area contributed by atoms with Gasteiger partial charge in [-0.2, -0.15) is 5.26 Å². The summed E-state index contributed by atoms with van der Waals surface area (Å²) in [6.45, 7) is 2.49. The summed E-state index contributed by atoms with van der Waals surface area (Å²) in [6, 6.07) is 25.7. The van der Waals surface area contributed by atoms with Crippen LogP contribution < -0.4 is 19.9 Å². The summed E-state index contributed by atoms with van der Waals surface area (Å²) in [5.41, 5.74) is 12.0. The molecular weight excluding hydrogens is 440 g/mol. The van der Waals surface area contributed by atoms with E-state index in [1.807, 2.05) is 60.7 Å². The third kappa shape index (κ3) is 4.30. The predicted molar refractivity (Wildman–Crippen MR) is 132 cm³/mol. The molecule has 3 aromatic carbocycles. The van der Waals surface area contributed by atoms with E-state index in [2.05, 4.69) is 35.3 Å². The van der Waals surface area contributed by atoms with Crippen LogP contribution in [0.3, 0.4) is 0 Å². The van der Waals surface area contributed by atoms with Gasteiger partial charge in [0, 0.05) is 5.56 Å². The number of methoxy groups -OCH3 is 1. The molecule has 7 heteroatoms. The highest BCUT2D eigenvalue weighted by Gasteiger charge is 2.35. The number of allylic oxidation sites excluding steroid dienone is 1. The molecule has 0 bridgehead atoms. The van der Waals surface area contributed by atoms with Crippen LogP contribution in [-0.4, -0.2) is 17.3 Å². The van der Waals surface area contributed by atoms with Gasteiger partial charge in [-0.25, -0.2) is 0 Å². The number of hydrogen-bond acceptors (Lipinski definition) is 6. The molecule has 0 spiro atoms. The van der Waals surface area contributed by atoms with Gasteiger partial charge < -0.3 is 19.9 Å². The van der Waals surface area contributed by atoms with Crippen molar-refractivity contribution in [3.05, 3.63) is 107 Å². The molecule has 3 N–H and O–H groups in total. The smallest absolute Gasteiger partial charge is 0.244 e. The van der Waals surface area contributed by atoms with Gasteiger partial charge >= 0.3 is 0 Å². The number of benzene rings is 3. The van der Waals surface area contributed by atoms with Gasteiger partial charge in [-0.3, -0.25) is 5.10 Å². The number of aromatic amines is 1. The molecule has 35 heavy (non-hydrogen) atoms. The van der Waals surface area contributed by atoms with Crippen LogP contribution in [0.2, 0.25) is 0 Å². The summed E-state index contributed by atoms with van der Waals surface area (Å²) in [7, 11) is 1.62. The molecule has 0 saturated heterocycles. The zero-order valence-electron chi connectivity index (χ0n) is 19.4. The fourth-order valence-electron chi connectivity index (χ4n) is 4.31. The van der Waals surface area contributed by atoms with E-state index in [0.29, 0.717) is 23.8 Å². The molecule has 1 aromatic heterocycles. The minimum absolute atomic E-state index is 0.0452. The van der Waals surface area contributed by atoms with Crippen molar-refractivity contribution in [1.29, 1.82) is 5.26 Å². The quantitative estimate of drug-likeness (QED) is 0.407. The maximum absolute atomic E-state index is 9.99. The molecule has 0 saturated carbocycles. The molecule has 1 aliphatic rings. The third-order valence-electron chi connectivity index (χ3n) is 6.00. The van der Waals surface area contributed by atoms with Crippen LogP contribution in [0.25, 0.3) is 11.3 Å². The van der Waals surface area contributed by atoms with Crippen molar-refractivity contribution >= 4 is 0 Å². The highest BCUT2D eigenvalue weighted by Crippen LogP contribution is 2.46.